The molecule has 4 nitrogen and oxygen atoms in total. The average molecular weight is 301 g/mol. The van der Waals surface area contributed by atoms with Crippen LogP contribution in [0.5, 0.6) is 0 Å². The third kappa shape index (κ3) is 1.75. The molecular weight excluding hydrogens is 295 g/mol. The number of thiazole rings is 1. The predicted molar refractivity (Wildman–Crippen MR) is 71.9 cm³/mol. The largest absolute Gasteiger partial charge is 0.481 e. The van der Waals surface area contributed by atoms with Crippen LogP contribution in [0.3, 0.4) is 0 Å². The van der Waals surface area contributed by atoms with Gasteiger partial charge in [-0.25, -0.2) is 4.98 Å². The number of aromatic nitrogens is 2. The number of rotatable bonds is 2. The van der Waals surface area contributed by atoms with Gasteiger partial charge in [-0.1, -0.05) is 34.5 Å². The molecule has 0 bridgehead atoms. The lowest BCUT2D eigenvalue weighted by molar-refractivity contribution is -0.136. The first-order valence-corrected chi connectivity index (χ1v) is 6.60. The molecule has 2 aromatic heterocycles. The molecule has 0 aliphatic heterocycles. The lowest BCUT2D eigenvalue weighted by atomic mass is 10.3. The third-order valence-corrected chi connectivity index (χ3v) is 4.54. The van der Waals surface area contributed by atoms with E-state index < -0.39 is 5.97 Å². The molecule has 18 heavy (non-hydrogen) atoms. The van der Waals surface area contributed by atoms with Crippen LogP contribution in [-0.2, 0) is 11.2 Å². The summed E-state index contributed by atoms with van der Waals surface area (Å²) >= 11 is 13.5. The van der Waals surface area contributed by atoms with E-state index in [2.05, 4.69) is 4.98 Å². The minimum absolute atomic E-state index is 0.0861. The van der Waals surface area contributed by atoms with Gasteiger partial charge in [0.2, 0.25) is 0 Å². The van der Waals surface area contributed by atoms with Crippen molar-refractivity contribution in [3.63, 3.8) is 0 Å². The minimum Gasteiger partial charge on any atom is -0.481 e. The standard InChI is InChI=1S/C11H6Cl2N2O2S/c12-6-1-2-7-10(9(6)13)18-11-14-5(3-8(16)17)4-15(7)11/h1-2,4H,3H2,(H,16,17). The van der Waals surface area contributed by atoms with Gasteiger partial charge in [0.25, 0.3) is 0 Å². The van der Waals surface area contributed by atoms with Crippen LogP contribution in [0.4, 0.5) is 0 Å². The summed E-state index contributed by atoms with van der Waals surface area (Å²) in [6.45, 7) is 0. The Bertz CT molecular complexity index is 778. The summed E-state index contributed by atoms with van der Waals surface area (Å²) in [4.78, 5) is 15.6. The van der Waals surface area contributed by atoms with Crippen molar-refractivity contribution in [3.05, 3.63) is 34.1 Å². The van der Waals surface area contributed by atoms with E-state index in [0.717, 1.165) is 10.2 Å². The lowest BCUT2D eigenvalue weighted by Gasteiger charge is -1.96. The summed E-state index contributed by atoms with van der Waals surface area (Å²) in [7, 11) is 0. The summed E-state index contributed by atoms with van der Waals surface area (Å²) in [5, 5.41) is 9.74. The summed E-state index contributed by atoms with van der Waals surface area (Å²) in [6, 6.07) is 3.56. The normalized spacial score (nSPS) is 11.4. The number of fused-ring (bicyclic) bond motifs is 3. The van der Waals surface area contributed by atoms with Crippen molar-refractivity contribution >= 4 is 55.7 Å². The fourth-order valence-electron chi connectivity index (χ4n) is 1.79. The van der Waals surface area contributed by atoms with Gasteiger partial charge < -0.3 is 5.11 Å². The van der Waals surface area contributed by atoms with Gasteiger partial charge in [0.05, 0.1) is 32.4 Å². The van der Waals surface area contributed by atoms with E-state index in [1.54, 1.807) is 12.3 Å². The Hall–Kier alpha value is -1.30. The highest BCUT2D eigenvalue weighted by Crippen LogP contribution is 2.36. The highest BCUT2D eigenvalue weighted by atomic mass is 35.5. The Labute approximate surface area is 115 Å². The van der Waals surface area contributed by atoms with Crippen LogP contribution in [0.2, 0.25) is 10.0 Å². The quantitative estimate of drug-likeness (QED) is 0.788. The second-order valence-corrected chi connectivity index (χ2v) is 5.53. The topological polar surface area (TPSA) is 54.6 Å². The van der Waals surface area contributed by atoms with Crippen molar-refractivity contribution in [1.82, 2.24) is 9.38 Å². The Morgan fingerprint density at radius 1 is 1.44 bits per heavy atom. The fraction of sp³-hybridized carbons (Fsp3) is 0.0909. The second-order valence-electron chi connectivity index (χ2n) is 3.77. The molecule has 0 atom stereocenters. The van der Waals surface area contributed by atoms with Crippen LogP contribution >= 0.6 is 34.5 Å². The number of carboxylic acids is 1. The van der Waals surface area contributed by atoms with E-state index in [0.29, 0.717) is 20.7 Å². The molecule has 92 valence electrons. The molecule has 3 rings (SSSR count). The van der Waals surface area contributed by atoms with Crippen molar-refractivity contribution < 1.29 is 9.90 Å². The molecule has 0 saturated carbocycles. The SMILES string of the molecule is O=C(O)Cc1cn2c(n1)sc1c(Cl)c(Cl)ccc12. The number of halogens is 2. The molecule has 1 N–H and O–H groups in total. The molecule has 0 unspecified atom stereocenters. The Morgan fingerprint density at radius 3 is 2.94 bits per heavy atom. The Balaban J connectivity index is 2.25. The lowest BCUT2D eigenvalue weighted by Crippen LogP contribution is -1.99. The molecule has 0 saturated heterocycles. The van der Waals surface area contributed by atoms with E-state index >= 15 is 0 Å². The van der Waals surface area contributed by atoms with Crippen molar-refractivity contribution in [2.24, 2.45) is 0 Å². The van der Waals surface area contributed by atoms with Gasteiger partial charge in [-0.05, 0) is 12.1 Å². The van der Waals surface area contributed by atoms with Crippen molar-refractivity contribution in [3.8, 4) is 0 Å². The van der Waals surface area contributed by atoms with Crippen LogP contribution in [0.1, 0.15) is 5.69 Å². The number of aliphatic carboxylic acids is 1. The number of benzene rings is 1. The van der Waals surface area contributed by atoms with E-state index in [9.17, 15) is 4.79 Å². The maximum atomic E-state index is 10.6. The fourth-order valence-corrected chi connectivity index (χ4v) is 3.35. The van der Waals surface area contributed by atoms with Gasteiger partial charge in [-0.2, -0.15) is 0 Å². The molecular formula is C11H6Cl2N2O2S. The van der Waals surface area contributed by atoms with E-state index in [4.69, 9.17) is 28.3 Å². The first-order chi connectivity index (χ1) is 8.56. The summed E-state index contributed by atoms with van der Waals surface area (Å²) in [5.74, 6) is -0.897. The van der Waals surface area contributed by atoms with Gasteiger partial charge in [0, 0.05) is 6.20 Å². The van der Waals surface area contributed by atoms with Gasteiger partial charge in [-0.3, -0.25) is 9.20 Å². The third-order valence-electron chi connectivity index (χ3n) is 2.54. The maximum absolute atomic E-state index is 10.6. The molecule has 7 heteroatoms. The van der Waals surface area contributed by atoms with Crippen molar-refractivity contribution in [2.45, 2.75) is 6.42 Å². The van der Waals surface area contributed by atoms with Gasteiger partial charge in [0.15, 0.2) is 4.96 Å². The van der Waals surface area contributed by atoms with Gasteiger partial charge >= 0.3 is 5.97 Å². The van der Waals surface area contributed by atoms with Crippen LogP contribution in [0.25, 0.3) is 15.2 Å². The van der Waals surface area contributed by atoms with E-state index in [-0.39, 0.29) is 6.42 Å². The molecule has 0 fully saturated rings. The minimum atomic E-state index is -0.897. The molecule has 0 spiro atoms. The number of imidazole rings is 1. The molecule has 0 radical (unpaired) electrons. The van der Waals surface area contributed by atoms with Crippen LogP contribution in [0.15, 0.2) is 18.3 Å². The smallest absolute Gasteiger partial charge is 0.309 e. The monoisotopic (exact) mass is 300 g/mol. The molecule has 0 aliphatic carbocycles. The first-order valence-electron chi connectivity index (χ1n) is 5.02. The van der Waals surface area contributed by atoms with E-state index in [1.165, 1.54) is 11.3 Å². The predicted octanol–water partition coefficient (Wildman–Crippen LogP) is 3.48. The molecule has 2 heterocycles. The zero-order valence-electron chi connectivity index (χ0n) is 8.85. The van der Waals surface area contributed by atoms with Gasteiger partial charge in [-0.15, -0.1) is 0 Å². The Kier molecular flexibility index (Phi) is 2.69. The average Bonchev–Trinajstić information content (AvgIpc) is 2.80. The van der Waals surface area contributed by atoms with Crippen molar-refractivity contribution in [1.29, 1.82) is 0 Å². The number of nitrogens with zero attached hydrogens (tertiary/aromatic N) is 2. The summed E-state index contributed by atoms with van der Waals surface area (Å²) in [6.07, 6.45) is 1.63. The molecule has 0 amide bonds. The number of carboxylic acid groups (broad SMARTS) is 1. The van der Waals surface area contributed by atoms with Gasteiger partial charge in [0.1, 0.15) is 0 Å². The molecule has 3 aromatic rings. The first kappa shape index (κ1) is 11.8. The van der Waals surface area contributed by atoms with Crippen LogP contribution in [0, 0.1) is 0 Å². The second kappa shape index (κ2) is 4.12. The number of hydrogen-bond donors (Lipinski definition) is 1. The van der Waals surface area contributed by atoms with Crippen LogP contribution in [-0.4, -0.2) is 20.5 Å². The molecule has 0 aliphatic rings. The Morgan fingerprint density at radius 2 is 2.22 bits per heavy atom. The maximum Gasteiger partial charge on any atom is 0.309 e. The molecule has 1 aromatic carbocycles. The number of hydrogen-bond acceptors (Lipinski definition) is 3. The van der Waals surface area contributed by atoms with Crippen molar-refractivity contribution in [2.75, 3.05) is 0 Å². The zero-order valence-corrected chi connectivity index (χ0v) is 11.2. The zero-order chi connectivity index (χ0) is 12.9. The highest BCUT2D eigenvalue weighted by molar-refractivity contribution is 7.24. The number of carbonyl (C=O) groups is 1. The summed E-state index contributed by atoms with van der Waals surface area (Å²) < 4.78 is 2.69. The van der Waals surface area contributed by atoms with E-state index in [1.807, 2.05) is 10.5 Å². The van der Waals surface area contributed by atoms with Crippen LogP contribution < -0.4 is 0 Å². The summed E-state index contributed by atoms with van der Waals surface area (Å²) in [5.41, 5.74) is 1.41. The highest BCUT2D eigenvalue weighted by Gasteiger charge is 2.14.